The van der Waals surface area contributed by atoms with Crippen molar-refractivity contribution < 1.29 is 14.4 Å². The van der Waals surface area contributed by atoms with Gasteiger partial charge in [0.2, 0.25) is 11.8 Å². The summed E-state index contributed by atoms with van der Waals surface area (Å²) < 4.78 is 0. The van der Waals surface area contributed by atoms with E-state index in [4.69, 9.17) is 0 Å². The summed E-state index contributed by atoms with van der Waals surface area (Å²) in [5.41, 5.74) is 2.15. The van der Waals surface area contributed by atoms with Gasteiger partial charge in [0.15, 0.2) is 5.78 Å². The standard InChI is InChI=1S/C20H20N2O3/c1-13(23)15-8-5-9-16(10-15)22-20(25)18-11-17(18)19(24)21-12-14-6-3-2-4-7-14/h2-10,17-18H,11-12H2,1H3,(H,21,24)(H,22,25). The molecule has 2 atom stereocenters. The Morgan fingerprint density at radius 3 is 2.40 bits per heavy atom. The van der Waals surface area contributed by atoms with Crippen molar-refractivity contribution in [1.82, 2.24) is 5.32 Å². The molecule has 0 saturated heterocycles. The van der Waals surface area contributed by atoms with Crippen molar-refractivity contribution in [3.63, 3.8) is 0 Å². The van der Waals surface area contributed by atoms with Crippen molar-refractivity contribution in [1.29, 1.82) is 0 Å². The second kappa shape index (κ2) is 7.30. The maximum Gasteiger partial charge on any atom is 0.228 e. The number of amides is 2. The Hall–Kier alpha value is -2.95. The molecule has 0 aliphatic heterocycles. The van der Waals surface area contributed by atoms with Crippen molar-refractivity contribution >= 4 is 23.3 Å². The zero-order valence-electron chi connectivity index (χ0n) is 14.0. The van der Waals surface area contributed by atoms with E-state index in [-0.39, 0.29) is 29.4 Å². The lowest BCUT2D eigenvalue weighted by Crippen LogP contribution is -2.27. The number of nitrogens with one attached hydrogen (secondary N) is 2. The third kappa shape index (κ3) is 4.32. The van der Waals surface area contributed by atoms with Crippen LogP contribution in [0.3, 0.4) is 0 Å². The highest BCUT2D eigenvalue weighted by Crippen LogP contribution is 2.39. The number of carbonyl (C=O) groups excluding carboxylic acids is 3. The quantitative estimate of drug-likeness (QED) is 0.797. The second-order valence-corrected chi connectivity index (χ2v) is 6.28. The summed E-state index contributed by atoms with van der Waals surface area (Å²) in [6.07, 6.45) is 0.554. The molecule has 0 heterocycles. The molecule has 2 amide bonds. The molecule has 3 rings (SSSR count). The van der Waals surface area contributed by atoms with Crippen molar-refractivity contribution in [3.8, 4) is 0 Å². The summed E-state index contributed by atoms with van der Waals surface area (Å²) in [5, 5.41) is 5.66. The number of hydrogen-bond acceptors (Lipinski definition) is 3. The fourth-order valence-electron chi connectivity index (χ4n) is 2.74. The Morgan fingerprint density at radius 2 is 1.68 bits per heavy atom. The third-order valence-corrected chi connectivity index (χ3v) is 4.31. The molecule has 1 aliphatic carbocycles. The van der Waals surface area contributed by atoms with Crippen LogP contribution in [-0.4, -0.2) is 17.6 Å². The van der Waals surface area contributed by atoms with Crippen LogP contribution in [-0.2, 0) is 16.1 Å². The van der Waals surface area contributed by atoms with Gasteiger partial charge in [0, 0.05) is 17.8 Å². The van der Waals surface area contributed by atoms with E-state index < -0.39 is 0 Å². The Morgan fingerprint density at radius 1 is 0.960 bits per heavy atom. The van der Waals surface area contributed by atoms with E-state index in [9.17, 15) is 14.4 Å². The van der Waals surface area contributed by atoms with Crippen molar-refractivity contribution in [2.24, 2.45) is 11.8 Å². The van der Waals surface area contributed by atoms with Gasteiger partial charge in [0.25, 0.3) is 0 Å². The van der Waals surface area contributed by atoms with Crippen LogP contribution in [0.4, 0.5) is 5.69 Å². The number of rotatable bonds is 6. The van der Waals surface area contributed by atoms with Crippen molar-refractivity contribution in [2.75, 3.05) is 5.32 Å². The normalized spacial score (nSPS) is 18.3. The number of benzene rings is 2. The Kier molecular flexibility index (Phi) is 4.93. The monoisotopic (exact) mass is 336 g/mol. The van der Waals surface area contributed by atoms with E-state index in [1.807, 2.05) is 30.3 Å². The molecule has 128 valence electrons. The molecule has 2 N–H and O–H groups in total. The average Bonchev–Trinajstić information content (AvgIpc) is 3.42. The van der Waals surface area contributed by atoms with E-state index >= 15 is 0 Å². The molecule has 2 aromatic rings. The lowest BCUT2D eigenvalue weighted by atomic mass is 10.1. The largest absolute Gasteiger partial charge is 0.352 e. The highest BCUT2D eigenvalue weighted by Gasteiger charge is 2.47. The third-order valence-electron chi connectivity index (χ3n) is 4.31. The fourth-order valence-corrected chi connectivity index (χ4v) is 2.74. The number of carbonyl (C=O) groups is 3. The molecule has 0 bridgehead atoms. The smallest absolute Gasteiger partial charge is 0.228 e. The van der Waals surface area contributed by atoms with Gasteiger partial charge >= 0.3 is 0 Å². The van der Waals surface area contributed by atoms with Gasteiger partial charge < -0.3 is 10.6 Å². The summed E-state index contributed by atoms with van der Waals surface area (Å²) in [6, 6.07) is 16.5. The second-order valence-electron chi connectivity index (χ2n) is 6.28. The van der Waals surface area contributed by atoms with Gasteiger partial charge in [-0.05, 0) is 31.0 Å². The molecule has 25 heavy (non-hydrogen) atoms. The first-order valence-corrected chi connectivity index (χ1v) is 8.28. The van der Waals surface area contributed by atoms with Gasteiger partial charge in [0.1, 0.15) is 0 Å². The lowest BCUT2D eigenvalue weighted by Gasteiger charge is -2.07. The van der Waals surface area contributed by atoms with Gasteiger partial charge in [0.05, 0.1) is 11.8 Å². The van der Waals surface area contributed by atoms with Crippen LogP contribution in [0.1, 0.15) is 29.3 Å². The molecular formula is C20H20N2O3. The van der Waals surface area contributed by atoms with Crippen molar-refractivity contribution in [2.45, 2.75) is 19.9 Å². The van der Waals surface area contributed by atoms with E-state index in [0.717, 1.165) is 5.56 Å². The number of ketones is 1. The van der Waals surface area contributed by atoms with E-state index in [2.05, 4.69) is 10.6 Å². The van der Waals surface area contributed by atoms with Gasteiger partial charge in [-0.15, -0.1) is 0 Å². The Labute approximate surface area is 146 Å². The highest BCUT2D eigenvalue weighted by atomic mass is 16.2. The molecule has 5 heteroatoms. The molecule has 0 aromatic heterocycles. The Balaban J connectivity index is 1.51. The van der Waals surface area contributed by atoms with Crippen LogP contribution in [0.25, 0.3) is 0 Å². The molecule has 1 fully saturated rings. The molecule has 1 saturated carbocycles. The van der Waals surface area contributed by atoms with Crippen LogP contribution in [0.5, 0.6) is 0 Å². The summed E-state index contributed by atoms with van der Waals surface area (Å²) in [7, 11) is 0. The van der Waals surface area contributed by atoms with Gasteiger partial charge in [-0.25, -0.2) is 0 Å². The van der Waals surface area contributed by atoms with Crippen LogP contribution in [0.15, 0.2) is 54.6 Å². The molecule has 0 spiro atoms. The molecule has 5 nitrogen and oxygen atoms in total. The van der Waals surface area contributed by atoms with Crippen LogP contribution >= 0.6 is 0 Å². The predicted molar refractivity (Wildman–Crippen MR) is 95.0 cm³/mol. The number of hydrogen-bond donors (Lipinski definition) is 2. The molecule has 0 radical (unpaired) electrons. The summed E-state index contributed by atoms with van der Waals surface area (Å²) >= 11 is 0. The summed E-state index contributed by atoms with van der Waals surface area (Å²) in [4.78, 5) is 35.8. The molecule has 1 aliphatic rings. The lowest BCUT2D eigenvalue weighted by molar-refractivity contribution is -0.125. The first-order chi connectivity index (χ1) is 12.0. The van der Waals surface area contributed by atoms with Gasteiger partial charge in [-0.3, -0.25) is 14.4 Å². The first-order valence-electron chi connectivity index (χ1n) is 8.28. The Bertz CT molecular complexity index is 802. The zero-order chi connectivity index (χ0) is 17.8. The maximum absolute atomic E-state index is 12.3. The van der Waals surface area contributed by atoms with E-state index in [0.29, 0.717) is 24.2 Å². The van der Waals surface area contributed by atoms with Crippen LogP contribution < -0.4 is 10.6 Å². The number of Topliss-reactive ketones (excluding diaryl/α,β-unsaturated/α-hetero) is 1. The predicted octanol–water partition coefficient (Wildman–Crippen LogP) is 2.78. The highest BCUT2D eigenvalue weighted by molar-refractivity contribution is 6.01. The first kappa shape index (κ1) is 16.9. The fraction of sp³-hybridized carbons (Fsp3) is 0.250. The van der Waals surface area contributed by atoms with E-state index in [1.54, 1.807) is 24.3 Å². The minimum atomic E-state index is -0.309. The minimum Gasteiger partial charge on any atom is -0.352 e. The maximum atomic E-state index is 12.3. The van der Waals surface area contributed by atoms with Crippen LogP contribution in [0, 0.1) is 11.8 Å². The summed E-state index contributed by atoms with van der Waals surface area (Å²) in [5.74, 6) is -0.917. The van der Waals surface area contributed by atoms with Crippen molar-refractivity contribution in [3.05, 3.63) is 65.7 Å². The van der Waals surface area contributed by atoms with Crippen LogP contribution in [0.2, 0.25) is 0 Å². The summed E-state index contributed by atoms with van der Waals surface area (Å²) in [6.45, 7) is 1.94. The van der Waals surface area contributed by atoms with E-state index in [1.165, 1.54) is 6.92 Å². The number of anilines is 1. The minimum absolute atomic E-state index is 0.0549. The molecule has 2 aromatic carbocycles. The van der Waals surface area contributed by atoms with Gasteiger partial charge in [-0.1, -0.05) is 42.5 Å². The topological polar surface area (TPSA) is 75.3 Å². The molecule has 2 unspecified atom stereocenters. The SMILES string of the molecule is CC(=O)c1cccc(NC(=O)C2CC2C(=O)NCc2ccccc2)c1. The average molecular weight is 336 g/mol. The molecular weight excluding hydrogens is 316 g/mol. The zero-order valence-corrected chi connectivity index (χ0v) is 14.0. The van der Waals surface area contributed by atoms with Gasteiger partial charge in [-0.2, -0.15) is 0 Å².